The van der Waals surface area contributed by atoms with Gasteiger partial charge in [0.25, 0.3) is 0 Å². The number of nitrogens with zero attached hydrogens (tertiary/aromatic N) is 1. The molecule has 1 aliphatic rings. The normalized spacial score (nSPS) is 19.6. The van der Waals surface area contributed by atoms with Crippen molar-refractivity contribution in [2.45, 2.75) is 79.1 Å². The summed E-state index contributed by atoms with van der Waals surface area (Å²) in [6.07, 6.45) is 12.0. The Balaban J connectivity index is 0.000000321. The predicted octanol–water partition coefficient (Wildman–Crippen LogP) is 9.04. The molecule has 0 radical (unpaired) electrons. The quantitative estimate of drug-likeness (QED) is 0.336. The van der Waals surface area contributed by atoms with Gasteiger partial charge in [0.05, 0.1) is 0 Å². The molecule has 0 saturated heterocycles. The fourth-order valence-corrected chi connectivity index (χ4v) is 4.21. The second-order valence-electron chi connectivity index (χ2n) is 9.77. The van der Waals surface area contributed by atoms with E-state index in [-0.39, 0.29) is 0 Å². The van der Waals surface area contributed by atoms with Crippen molar-refractivity contribution in [1.29, 1.82) is 0 Å². The van der Waals surface area contributed by atoms with Crippen LogP contribution in [0.25, 0.3) is 5.57 Å². The van der Waals surface area contributed by atoms with Gasteiger partial charge in [-0.2, -0.15) is 0 Å². The SMILES string of the molecule is C=C(C)c1cccc(C=N/C(C)=C/CC2CCC(C)CC2)c1N.CCC(C)c1ccccc1. The van der Waals surface area contributed by atoms with Gasteiger partial charge in [0.15, 0.2) is 0 Å². The molecule has 0 bridgehead atoms. The summed E-state index contributed by atoms with van der Waals surface area (Å²) in [5.41, 5.74) is 12.4. The maximum Gasteiger partial charge on any atom is 0.0479 e. The Bertz CT molecular complexity index is 915. The summed E-state index contributed by atoms with van der Waals surface area (Å²) in [5, 5.41) is 0. The number of benzene rings is 2. The summed E-state index contributed by atoms with van der Waals surface area (Å²) < 4.78 is 0. The average molecular weight is 445 g/mol. The number of hydrogen-bond acceptors (Lipinski definition) is 2. The first-order chi connectivity index (χ1) is 15.8. The zero-order valence-corrected chi connectivity index (χ0v) is 21.5. The predicted molar refractivity (Wildman–Crippen MR) is 148 cm³/mol. The van der Waals surface area contributed by atoms with Crippen LogP contribution in [0.5, 0.6) is 0 Å². The molecule has 2 aromatic rings. The van der Waals surface area contributed by atoms with Gasteiger partial charge in [-0.25, -0.2) is 0 Å². The number of nitrogens with two attached hydrogens (primary N) is 1. The monoisotopic (exact) mass is 444 g/mol. The van der Waals surface area contributed by atoms with Crippen LogP contribution in [-0.4, -0.2) is 6.21 Å². The highest BCUT2D eigenvalue weighted by atomic mass is 14.7. The topological polar surface area (TPSA) is 38.4 Å². The maximum atomic E-state index is 6.20. The van der Waals surface area contributed by atoms with E-state index < -0.39 is 0 Å². The number of aliphatic imine (C=N–C) groups is 1. The molecule has 1 aliphatic carbocycles. The fourth-order valence-electron chi connectivity index (χ4n) is 4.21. The maximum absolute atomic E-state index is 6.20. The van der Waals surface area contributed by atoms with Crippen LogP contribution in [0.1, 0.15) is 95.8 Å². The molecule has 0 aromatic heterocycles. The molecule has 2 aromatic carbocycles. The van der Waals surface area contributed by atoms with Crippen LogP contribution in [0.2, 0.25) is 0 Å². The van der Waals surface area contributed by atoms with E-state index in [1.54, 1.807) is 0 Å². The van der Waals surface area contributed by atoms with Crippen molar-refractivity contribution >= 4 is 17.5 Å². The standard InChI is InChI=1S/C21H30N2.C10H14/c1-15(2)20-7-5-6-19(21(20)22)14-23-17(4)10-13-18-11-8-16(3)9-12-18;1-3-9(2)10-7-5-4-6-8-10/h5-7,10,14,16,18H,1,8-9,11-13,22H2,2-4H3;4-9H,3H2,1-2H3/b17-10+,23-14?;. The molecule has 2 N–H and O–H groups in total. The van der Waals surface area contributed by atoms with Gasteiger partial charge in [-0.15, -0.1) is 0 Å². The van der Waals surface area contributed by atoms with Gasteiger partial charge in [0.2, 0.25) is 0 Å². The van der Waals surface area contributed by atoms with E-state index in [9.17, 15) is 0 Å². The van der Waals surface area contributed by atoms with Crippen LogP contribution < -0.4 is 5.73 Å². The molecule has 2 heteroatoms. The zero-order chi connectivity index (χ0) is 24.2. The molecule has 0 spiro atoms. The van der Waals surface area contributed by atoms with Crippen molar-refractivity contribution in [1.82, 2.24) is 0 Å². The van der Waals surface area contributed by atoms with E-state index in [0.29, 0.717) is 5.92 Å². The van der Waals surface area contributed by atoms with Crippen LogP contribution in [-0.2, 0) is 0 Å². The Kier molecular flexibility index (Phi) is 11.2. The van der Waals surface area contributed by atoms with Gasteiger partial charge in [-0.05, 0) is 68.4 Å². The average Bonchev–Trinajstić information content (AvgIpc) is 2.83. The van der Waals surface area contributed by atoms with Gasteiger partial charge in [-0.1, -0.05) is 94.8 Å². The highest BCUT2D eigenvalue weighted by Gasteiger charge is 2.16. The highest BCUT2D eigenvalue weighted by Crippen LogP contribution is 2.31. The van der Waals surface area contributed by atoms with E-state index in [2.05, 4.69) is 75.7 Å². The van der Waals surface area contributed by atoms with Crippen LogP contribution in [0.3, 0.4) is 0 Å². The third-order valence-corrected chi connectivity index (χ3v) is 6.87. The van der Waals surface area contributed by atoms with Gasteiger partial charge < -0.3 is 5.73 Å². The lowest BCUT2D eigenvalue weighted by Gasteiger charge is -2.25. The largest absolute Gasteiger partial charge is 0.398 e. The molecule has 0 heterocycles. The smallest absolute Gasteiger partial charge is 0.0479 e. The van der Waals surface area contributed by atoms with Crippen molar-refractivity contribution < 1.29 is 0 Å². The van der Waals surface area contributed by atoms with Gasteiger partial charge >= 0.3 is 0 Å². The minimum Gasteiger partial charge on any atom is -0.398 e. The molecule has 1 unspecified atom stereocenters. The second-order valence-corrected chi connectivity index (χ2v) is 9.77. The lowest BCUT2D eigenvalue weighted by molar-refractivity contribution is 0.291. The van der Waals surface area contributed by atoms with Crippen molar-refractivity contribution in [3.63, 3.8) is 0 Å². The minimum absolute atomic E-state index is 0.709. The fraction of sp³-hybridized carbons (Fsp3) is 0.452. The molecule has 1 atom stereocenters. The number of para-hydroxylation sites is 1. The number of rotatable bonds is 7. The van der Waals surface area contributed by atoms with Crippen LogP contribution >= 0.6 is 0 Å². The van der Waals surface area contributed by atoms with E-state index in [4.69, 9.17) is 5.73 Å². The summed E-state index contributed by atoms with van der Waals surface area (Å²) in [4.78, 5) is 4.58. The lowest BCUT2D eigenvalue weighted by Crippen LogP contribution is -2.11. The Hall–Kier alpha value is -2.61. The first-order valence-electron chi connectivity index (χ1n) is 12.6. The van der Waals surface area contributed by atoms with Crippen LogP contribution in [0, 0.1) is 11.8 Å². The Morgan fingerprint density at radius 2 is 1.73 bits per heavy atom. The summed E-state index contributed by atoms with van der Waals surface area (Å²) in [6.45, 7) is 14.9. The molecule has 1 saturated carbocycles. The minimum atomic E-state index is 0.709. The third-order valence-electron chi connectivity index (χ3n) is 6.87. The van der Waals surface area contributed by atoms with Gasteiger partial charge in [0.1, 0.15) is 0 Å². The summed E-state index contributed by atoms with van der Waals surface area (Å²) in [7, 11) is 0. The third kappa shape index (κ3) is 9.04. The number of hydrogen-bond donors (Lipinski definition) is 1. The van der Waals surface area contributed by atoms with Gasteiger partial charge in [-0.3, -0.25) is 4.99 Å². The van der Waals surface area contributed by atoms with Crippen LogP contribution in [0.4, 0.5) is 5.69 Å². The molecular formula is C31H44N2. The van der Waals surface area contributed by atoms with Crippen molar-refractivity contribution in [2.24, 2.45) is 16.8 Å². The molecule has 33 heavy (non-hydrogen) atoms. The molecule has 1 fully saturated rings. The number of anilines is 1. The molecular weight excluding hydrogens is 400 g/mol. The highest BCUT2D eigenvalue weighted by molar-refractivity contribution is 5.91. The van der Waals surface area contributed by atoms with E-state index >= 15 is 0 Å². The summed E-state index contributed by atoms with van der Waals surface area (Å²) in [6, 6.07) is 16.6. The molecule has 0 amide bonds. The summed E-state index contributed by atoms with van der Waals surface area (Å²) >= 11 is 0. The Labute approximate surface area is 202 Å². The van der Waals surface area contributed by atoms with Crippen molar-refractivity contribution in [3.05, 3.63) is 83.6 Å². The zero-order valence-electron chi connectivity index (χ0n) is 21.5. The van der Waals surface area contributed by atoms with E-state index in [1.807, 2.05) is 31.3 Å². The van der Waals surface area contributed by atoms with E-state index in [1.165, 1.54) is 37.7 Å². The van der Waals surface area contributed by atoms with E-state index in [0.717, 1.165) is 46.3 Å². The molecule has 2 nitrogen and oxygen atoms in total. The van der Waals surface area contributed by atoms with Gasteiger partial charge in [0, 0.05) is 28.7 Å². The van der Waals surface area contributed by atoms with Crippen molar-refractivity contribution in [3.8, 4) is 0 Å². The first-order valence-corrected chi connectivity index (χ1v) is 12.6. The van der Waals surface area contributed by atoms with Crippen molar-refractivity contribution in [2.75, 3.05) is 5.73 Å². The molecule has 3 rings (SSSR count). The molecule has 0 aliphatic heterocycles. The lowest BCUT2D eigenvalue weighted by atomic mass is 9.81. The number of nitrogen functional groups attached to an aromatic ring is 1. The molecule has 178 valence electrons. The Morgan fingerprint density at radius 3 is 2.33 bits per heavy atom. The second kappa shape index (κ2) is 13.8. The van der Waals surface area contributed by atoms with Crippen LogP contribution in [0.15, 0.2) is 71.9 Å². The number of allylic oxidation sites excluding steroid dienone is 3. The first kappa shape index (κ1) is 26.6. The Morgan fingerprint density at radius 1 is 1.06 bits per heavy atom. The summed E-state index contributed by atoms with van der Waals surface area (Å²) in [5.74, 6) is 2.47.